The van der Waals surface area contributed by atoms with Gasteiger partial charge in [0.2, 0.25) is 47.3 Å². The van der Waals surface area contributed by atoms with Crippen molar-refractivity contribution in [2.75, 3.05) is 18.9 Å². The number of carboxylic acid groups (broad SMARTS) is 3. The van der Waals surface area contributed by atoms with Gasteiger partial charge in [-0.05, 0) is 42.9 Å². The second-order valence-electron chi connectivity index (χ2n) is 15.5. The molecule has 0 saturated carbocycles. The molecule has 0 aliphatic heterocycles. The third-order valence-electron chi connectivity index (χ3n) is 9.14. The van der Waals surface area contributed by atoms with Gasteiger partial charge in [0.05, 0.1) is 32.0 Å². The first-order valence-corrected chi connectivity index (χ1v) is 20.7. The van der Waals surface area contributed by atoms with E-state index in [1.54, 1.807) is 13.8 Å². The van der Waals surface area contributed by atoms with Crippen LogP contribution in [-0.4, -0.2) is 158 Å². The van der Waals surface area contributed by atoms with Crippen LogP contribution in [0.5, 0.6) is 5.75 Å². The average molecular weight is 942 g/mol. The molecule has 0 bridgehead atoms. The topological polar surface area (TPSA) is 411 Å². The fourth-order valence-electron chi connectivity index (χ4n) is 5.63. The number of thiol groups is 1. The molecule has 0 heterocycles. The zero-order valence-electron chi connectivity index (χ0n) is 36.3. The predicted molar refractivity (Wildman–Crippen MR) is 229 cm³/mol. The maximum atomic E-state index is 13.9. The lowest BCUT2D eigenvalue weighted by Gasteiger charge is -2.28. The lowest BCUT2D eigenvalue weighted by Crippen LogP contribution is -2.61. The van der Waals surface area contributed by atoms with Crippen LogP contribution in [0.25, 0.3) is 0 Å². The molecule has 26 heteroatoms. The molecule has 1 aromatic carbocycles. The molecule has 65 heavy (non-hydrogen) atoms. The van der Waals surface area contributed by atoms with Gasteiger partial charge in [0.1, 0.15) is 48.0 Å². The molecule has 0 aliphatic carbocycles. The van der Waals surface area contributed by atoms with Gasteiger partial charge in [-0.25, -0.2) is 4.79 Å². The highest BCUT2D eigenvalue weighted by Gasteiger charge is 2.35. The lowest BCUT2D eigenvalue weighted by molar-refractivity contribution is -0.147. The Labute approximate surface area is 378 Å². The van der Waals surface area contributed by atoms with Crippen molar-refractivity contribution >= 4 is 77.8 Å². The third kappa shape index (κ3) is 20.7. The Morgan fingerprint density at radius 3 is 1.60 bits per heavy atom. The number of hydrogen-bond acceptors (Lipinski definition) is 15. The number of phenols is 1. The molecule has 1 rings (SSSR count). The highest BCUT2D eigenvalue weighted by molar-refractivity contribution is 7.80. The molecule has 8 amide bonds. The van der Waals surface area contributed by atoms with Crippen LogP contribution in [0.3, 0.4) is 0 Å². The highest BCUT2D eigenvalue weighted by Crippen LogP contribution is 2.13. The number of nitrogens with one attached hydrogen (secondary N) is 8. The van der Waals surface area contributed by atoms with E-state index in [0.29, 0.717) is 5.56 Å². The number of benzene rings is 1. The molecule has 0 spiro atoms. The minimum Gasteiger partial charge on any atom is -0.508 e. The quantitative estimate of drug-likeness (QED) is 0.0352. The summed E-state index contributed by atoms with van der Waals surface area (Å²) in [6.45, 7) is 5.88. The summed E-state index contributed by atoms with van der Waals surface area (Å²) in [7, 11) is 0. The molecule has 8 atom stereocenters. The first-order chi connectivity index (χ1) is 30.3. The summed E-state index contributed by atoms with van der Waals surface area (Å²) in [4.78, 5) is 139. The zero-order valence-corrected chi connectivity index (χ0v) is 37.2. The van der Waals surface area contributed by atoms with Crippen molar-refractivity contribution in [2.45, 2.75) is 109 Å². The van der Waals surface area contributed by atoms with E-state index in [-0.39, 0.29) is 30.3 Å². The molecule has 0 unspecified atom stereocenters. The summed E-state index contributed by atoms with van der Waals surface area (Å²) in [5.41, 5.74) is 6.19. The van der Waals surface area contributed by atoms with Crippen molar-refractivity contribution in [3.05, 3.63) is 29.8 Å². The molecular weight excluding hydrogens is 883 g/mol. The Morgan fingerprint density at radius 1 is 0.600 bits per heavy atom. The van der Waals surface area contributed by atoms with E-state index in [2.05, 4.69) is 44.5 Å². The zero-order chi connectivity index (χ0) is 49.7. The largest absolute Gasteiger partial charge is 0.508 e. The number of carboxylic acids is 3. The summed E-state index contributed by atoms with van der Waals surface area (Å²) in [6.07, 6.45) is -2.13. The average Bonchev–Trinajstić information content (AvgIpc) is 3.22. The summed E-state index contributed by atoms with van der Waals surface area (Å²) < 4.78 is 0. The molecule has 0 radical (unpaired) electrons. The molecule has 0 fully saturated rings. The van der Waals surface area contributed by atoms with Crippen molar-refractivity contribution < 1.29 is 78.3 Å². The van der Waals surface area contributed by atoms with E-state index in [0.717, 1.165) is 0 Å². The van der Waals surface area contributed by atoms with Crippen LogP contribution < -0.4 is 48.3 Å². The van der Waals surface area contributed by atoms with E-state index in [9.17, 15) is 68.1 Å². The normalized spacial score (nSPS) is 14.7. The number of carbonyl (C=O) groups is 11. The maximum absolute atomic E-state index is 13.9. The number of rotatable bonds is 28. The number of phenolic OH excluding ortho intramolecular Hbond substituents is 1. The number of hydrogen-bond donors (Lipinski definition) is 15. The molecule has 25 nitrogen and oxygen atoms in total. The molecule has 0 aliphatic rings. The first-order valence-electron chi connectivity index (χ1n) is 20.1. The summed E-state index contributed by atoms with van der Waals surface area (Å²) >= 11 is 4.01. The van der Waals surface area contributed by atoms with Crippen LogP contribution in [0, 0.1) is 11.8 Å². The fourth-order valence-corrected chi connectivity index (χ4v) is 5.80. The Balaban J connectivity index is 3.17. The van der Waals surface area contributed by atoms with Gasteiger partial charge in [0, 0.05) is 12.2 Å². The molecule has 0 saturated heterocycles. The predicted octanol–water partition coefficient (Wildman–Crippen LogP) is -4.55. The van der Waals surface area contributed by atoms with Gasteiger partial charge in [0.15, 0.2) is 0 Å². The Kier molecular flexibility index (Phi) is 24.0. The second kappa shape index (κ2) is 27.6. The Morgan fingerprint density at radius 2 is 1.09 bits per heavy atom. The van der Waals surface area contributed by atoms with Crippen LogP contribution in [0.1, 0.15) is 59.4 Å². The van der Waals surface area contributed by atoms with Gasteiger partial charge in [-0.3, -0.25) is 47.9 Å². The summed E-state index contributed by atoms with van der Waals surface area (Å²) in [6, 6.07) is -6.52. The van der Waals surface area contributed by atoms with Gasteiger partial charge in [-0.2, -0.15) is 12.6 Å². The first kappa shape index (κ1) is 56.5. The molecule has 15 N–H and O–H groups in total. The van der Waals surface area contributed by atoms with Gasteiger partial charge < -0.3 is 73.8 Å². The number of amides is 8. The van der Waals surface area contributed by atoms with Crippen molar-refractivity contribution in [3.63, 3.8) is 0 Å². The minimum absolute atomic E-state index is 0.0340. The molecular formula is C39H59N9O16S. The fraction of sp³-hybridized carbons (Fsp3) is 0.564. The van der Waals surface area contributed by atoms with Gasteiger partial charge >= 0.3 is 17.9 Å². The van der Waals surface area contributed by atoms with E-state index >= 15 is 0 Å². The van der Waals surface area contributed by atoms with E-state index in [1.807, 2.05) is 10.6 Å². The number of nitrogens with two attached hydrogens (primary N) is 1. The van der Waals surface area contributed by atoms with Crippen LogP contribution in [0.2, 0.25) is 0 Å². The second-order valence-corrected chi connectivity index (χ2v) is 15.9. The number of aliphatic hydroxyl groups is 1. The van der Waals surface area contributed by atoms with Crippen LogP contribution in [0.15, 0.2) is 24.3 Å². The van der Waals surface area contributed by atoms with E-state index < -0.39 is 145 Å². The Hall–Kier alpha value is -6.54. The van der Waals surface area contributed by atoms with Gasteiger partial charge in [-0.1, -0.05) is 39.8 Å². The Bertz CT molecular complexity index is 1880. The van der Waals surface area contributed by atoms with Crippen molar-refractivity contribution in [1.29, 1.82) is 0 Å². The number of carbonyl (C=O) groups excluding carboxylic acids is 8. The summed E-state index contributed by atoms with van der Waals surface area (Å²) in [5, 5.41) is 65.1. The summed E-state index contributed by atoms with van der Waals surface area (Å²) in [5.74, 6) is -13.7. The molecule has 0 aromatic heterocycles. The number of aliphatic hydroxyl groups excluding tert-OH is 1. The molecule has 1 aromatic rings. The smallest absolute Gasteiger partial charge is 0.326 e. The minimum atomic E-state index is -1.88. The van der Waals surface area contributed by atoms with E-state index in [1.165, 1.54) is 45.0 Å². The molecule has 362 valence electrons. The number of aliphatic carboxylic acids is 3. The SMILES string of the molecule is CC(C)C[C@H](NC(=O)[C@@H](N)CS)C(=O)N[C@@H](Cc1ccc(O)cc1)C(=O)N[C@@H](CC(=O)O)C(=O)N[C@H](C(=O)N[C@@H](C)C(=O)NCC(=O)N[C@@H](CO)C(=O)N[C@@H](CC(=O)O)C(=O)O)C(C)C. The standard InChI is InChI=1S/C39H59N9O16S/c1-17(2)10-23(44-33(57)22(40)16-65)34(58)45-24(11-20-6-8-21(50)9-7-20)35(59)46-25(12-29(52)53)36(60)48-31(18(3)4)38(62)42-19(5)32(56)41-14-28(51)43-27(15-49)37(61)47-26(39(63)64)13-30(54)55/h6-9,17-19,22-27,31,49-50,65H,10-16,40H2,1-5H3,(H,41,56)(H,42,62)(H,43,51)(H,44,57)(H,45,58)(H,46,59)(H,47,61)(H,48,60)(H,52,53)(H,54,55)(H,63,64)/t19-,22-,23-,24-,25-,26-,27-,31-/m0/s1. The lowest BCUT2D eigenvalue weighted by atomic mass is 10.00. The monoisotopic (exact) mass is 941 g/mol. The van der Waals surface area contributed by atoms with Crippen LogP contribution in [0.4, 0.5) is 0 Å². The van der Waals surface area contributed by atoms with Gasteiger partial charge in [0.25, 0.3) is 0 Å². The van der Waals surface area contributed by atoms with Crippen molar-refractivity contribution in [3.8, 4) is 5.75 Å². The number of aromatic hydroxyl groups is 1. The third-order valence-corrected chi connectivity index (χ3v) is 9.54. The van der Waals surface area contributed by atoms with Crippen LogP contribution >= 0.6 is 12.6 Å². The van der Waals surface area contributed by atoms with Crippen molar-refractivity contribution in [2.24, 2.45) is 17.6 Å². The van der Waals surface area contributed by atoms with E-state index in [4.69, 9.17) is 15.9 Å². The van der Waals surface area contributed by atoms with Gasteiger partial charge in [-0.15, -0.1) is 0 Å². The highest BCUT2D eigenvalue weighted by atomic mass is 32.1. The van der Waals surface area contributed by atoms with Crippen LogP contribution in [-0.2, 0) is 59.2 Å². The van der Waals surface area contributed by atoms with Crippen molar-refractivity contribution in [1.82, 2.24) is 42.5 Å². The maximum Gasteiger partial charge on any atom is 0.326 e.